The second-order valence-electron chi connectivity index (χ2n) is 4.70. The molecule has 0 spiro atoms. The van der Waals surface area contributed by atoms with E-state index in [1.165, 1.54) is 18.5 Å². The first-order chi connectivity index (χ1) is 10.6. The van der Waals surface area contributed by atoms with Crippen LogP contribution in [0, 0.1) is 12.7 Å². The third-order valence-corrected chi connectivity index (χ3v) is 3.23. The third-order valence-electron chi connectivity index (χ3n) is 3.23. The highest BCUT2D eigenvalue weighted by molar-refractivity contribution is 6.04. The van der Waals surface area contributed by atoms with Crippen molar-refractivity contribution in [2.75, 3.05) is 5.32 Å². The van der Waals surface area contributed by atoms with Crippen molar-refractivity contribution in [1.29, 1.82) is 0 Å². The van der Waals surface area contributed by atoms with Crippen LogP contribution in [0.2, 0.25) is 0 Å². The number of nitrogens with one attached hydrogen (secondary N) is 1. The van der Waals surface area contributed by atoms with Gasteiger partial charge in [-0.15, -0.1) is 0 Å². The summed E-state index contributed by atoms with van der Waals surface area (Å²) in [6.07, 6.45) is 6.34. The summed E-state index contributed by atoms with van der Waals surface area (Å²) in [5.74, 6) is -0.0607. The molecule has 0 atom stereocenters. The highest BCUT2D eigenvalue weighted by Gasteiger charge is 2.10. The van der Waals surface area contributed by atoms with Gasteiger partial charge < -0.3 is 9.88 Å². The van der Waals surface area contributed by atoms with Gasteiger partial charge in [0.05, 0.1) is 5.69 Å². The number of nitrogens with zero attached hydrogens (tertiary/aromatic N) is 3. The van der Waals surface area contributed by atoms with Crippen LogP contribution in [0.15, 0.2) is 55.1 Å². The number of halogens is 1. The lowest BCUT2D eigenvalue weighted by atomic mass is 10.2. The monoisotopic (exact) mass is 296 g/mol. The minimum atomic E-state index is -0.436. The fraction of sp³-hybridized carbons (Fsp3) is 0.0625. The number of rotatable bonds is 3. The van der Waals surface area contributed by atoms with Gasteiger partial charge in [-0.3, -0.25) is 9.78 Å². The molecule has 0 bridgehead atoms. The summed E-state index contributed by atoms with van der Waals surface area (Å²) in [6, 6.07) is 7.72. The molecule has 2 heterocycles. The van der Waals surface area contributed by atoms with E-state index in [1.807, 2.05) is 0 Å². The molecular formula is C16H13FN4O. The highest BCUT2D eigenvalue weighted by Crippen LogP contribution is 2.20. The van der Waals surface area contributed by atoms with Gasteiger partial charge in [0.2, 0.25) is 0 Å². The molecular weight excluding hydrogens is 283 g/mol. The summed E-state index contributed by atoms with van der Waals surface area (Å²) >= 11 is 0. The Kier molecular flexibility index (Phi) is 3.65. The molecule has 0 radical (unpaired) electrons. The van der Waals surface area contributed by atoms with Crippen LogP contribution in [0.1, 0.15) is 16.2 Å². The van der Waals surface area contributed by atoms with E-state index < -0.39 is 5.82 Å². The quantitative estimate of drug-likeness (QED) is 0.808. The number of amides is 1. The van der Waals surface area contributed by atoms with Gasteiger partial charge in [0.15, 0.2) is 0 Å². The Morgan fingerprint density at radius 1 is 1.18 bits per heavy atom. The number of carbonyl (C=O) groups is 1. The van der Waals surface area contributed by atoms with Gasteiger partial charge in [0.1, 0.15) is 11.6 Å². The Hall–Kier alpha value is -3.02. The summed E-state index contributed by atoms with van der Waals surface area (Å²) in [7, 11) is 0. The maximum absolute atomic E-state index is 14.2. The average molecular weight is 296 g/mol. The first kappa shape index (κ1) is 13.9. The molecule has 0 unspecified atom stereocenters. The minimum Gasteiger partial charge on any atom is -0.322 e. The topological polar surface area (TPSA) is 59.8 Å². The zero-order valence-electron chi connectivity index (χ0n) is 11.8. The van der Waals surface area contributed by atoms with Gasteiger partial charge in [-0.25, -0.2) is 9.37 Å². The molecule has 6 heteroatoms. The van der Waals surface area contributed by atoms with Gasteiger partial charge >= 0.3 is 0 Å². The third kappa shape index (κ3) is 2.71. The normalized spacial score (nSPS) is 10.5. The largest absolute Gasteiger partial charge is 0.322 e. The standard InChI is InChI=1S/C16H13FN4O/c1-11-19-8-9-21(11)15-3-2-13(10-14(15)17)20-16(22)12-4-6-18-7-5-12/h2-10H,1H3,(H,20,22). The van der Waals surface area contributed by atoms with E-state index in [2.05, 4.69) is 15.3 Å². The lowest BCUT2D eigenvalue weighted by molar-refractivity contribution is 0.102. The fourth-order valence-electron chi connectivity index (χ4n) is 2.12. The van der Waals surface area contributed by atoms with E-state index in [-0.39, 0.29) is 5.91 Å². The first-order valence-corrected chi connectivity index (χ1v) is 6.66. The number of aryl methyl sites for hydroxylation is 1. The second-order valence-corrected chi connectivity index (χ2v) is 4.70. The van der Waals surface area contributed by atoms with Crippen LogP contribution in [0.5, 0.6) is 0 Å². The zero-order valence-corrected chi connectivity index (χ0v) is 11.8. The van der Waals surface area contributed by atoms with Crippen LogP contribution < -0.4 is 5.32 Å². The Bertz CT molecular complexity index is 814. The molecule has 0 aliphatic heterocycles. The number of carbonyl (C=O) groups excluding carboxylic acids is 1. The molecule has 110 valence electrons. The van der Waals surface area contributed by atoms with Gasteiger partial charge in [-0.2, -0.15) is 0 Å². The van der Waals surface area contributed by atoms with E-state index in [0.29, 0.717) is 22.8 Å². The maximum atomic E-state index is 14.2. The number of hydrogen-bond acceptors (Lipinski definition) is 3. The van der Waals surface area contributed by atoms with Crippen molar-refractivity contribution >= 4 is 11.6 Å². The molecule has 22 heavy (non-hydrogen) atoms. The van der Waals surface area contributed by atoms with Gasteiger partial charge in [0.25, 0.3) is 5.91 Å². The summed E-state index contributed by atoms with van der Waals surface area (Å²) in [5, 5.41) is 2.65. The van der Waals surface area contributed by atoms with Crippen LogP contribution in [-0.2, 0) is 0 Å². The number of pyridine rings is 1. The number of benzene rings is 1. The van der Waals surface area contributed by atoms with Crippen molar-refractivity contribution < 1.29 is 9.18 Å². The van der Waals surface area contributed by atoms with Crippen molar-refractivity contribution in [1.82, 2.24) is 14.5 Å². The lowest BCUT2D eigenvalue weighted by Gasteiger charge is -2.09. The molecule has 5 nitrogen and oxygen atoms in total. The highest BCUT2D eigenvalue weighted by atomic mass is 19.1. The number of imidazole rings is 1. The number of hydrogen-bond donors (Lipinski definition) is 1. The molecule has 1 amide bonds. The smallest absolute Gasteiger partial charge is 0.255 e. The van der Waals surface area contributed by atoms with E-state index in [0.717, 1.165) is 0 Å². The average Bonchev–Trinajstić information content (AvgIpc) is 2.94. The van der Waals surface area contributed by atoms with E-state index in [4.69, 9.17) is 0 Å². The Morgan fingerprint density at radius 2 is 1.95 bits per heavy atom. The summed E-state index contributed by atoms with van der Waals surface area (Å²) in [6.45, 7) is 1.79. The minimum absolute atomic E-state index is 0.312. The summed E-state index contributed by atoms with van der Waals surface area (Å²) in [5.41, 5.74) is 1.24. The molecule has 0 saturated heterocycles. The molecule has 0 fully saturated rings. The maximum Gasteiger partial charge on any atom is 0.255 e. The van der Waals surface area contributed by atoms with Crippen molar-refractivity contribution in [2.24, 2.45) is 0 Å². The van der Waals surface area contributed by atoms with Crippen LogP contribution in [0.25, 0.3) is 5.69 Å². The molecule has 3 aromatic rings. The Labute approximate surface area is 126 Å². The predicted octanol–water partition coefficient (Wildman–Crippen LogP) is 2.97. The fourth-order valence-corrected chi connectivity index (χ4v) is 2.12. The van der Waals surface area contributed by atoms with Gasteiger partial charge in [-0.1, -0.05) is 0 Å². The van der Waals surface area contributed by atoms with Crippen LogP contribution in [0.3, 0.4) is 0 Å². The van der Waals surface area contributed by atoms with Crippen LogP contribution >= 0.6 is 0 Å². The number of aromatic nitrogens is 3. The van der Waals surface area contributed by atoms with E-state index >= 15 is 0 Å². The van der Waals surface area contributed by atoms with E-state index in [1.54, 1.807) is 48.1 Å². The summed E-state index contributed by atoms with van der Waals surface area (Å²) in [4.78, 5) is 19.9. The van der Waals surface area contributed by atoms with Crippen LogP contribution in [0.4, 0.5) is 10.1 Å². The SMILES string of the molecule is Cc1nccn1-c1ccc(NC(=O)c2ccncc2)cc1F. The molecule has 0 aliphatic carbocycles. The molecule has 1 N–H and O–H groups in total. The first-order valence-electron chi connectivity index (χ1n) is 6.66. The van der Waals surface area contributed by atoms with Crippen molar-refractivity contribution in [3.63, 3.8) is 0 Å². The second kappa shape index (κ2) is 5.77. The van der Waals surface area contributed by atoms with Gasteiger partial charge in [-0.05, 0) is 37.3 Å². The molecule has 0 aliphatic rings. The number of anilines is 1. The Morgan fingerprint density at radius 3 is 2.59 bits per heavy atom. The van der Waals surface area contributed by atoms with Gasteiger partial charge in [0, 0.05) is 36.0 Å². The van der Waals surface area contributed by atoms with Crippen LogP contribution in [-0.4, -0.2) is 20.4 Å². The summed E-state index contributed by atoms with van der Waals surface area (Å²) < 4.78 is 15.9. The van der Waals surface area contributed by atoms with Crippen molar-refractivity contribution in [3.8, 4) is 5.69 Å². The predicted molar refractivity (Wildman–Crippen MR) is 80.4 cm³/mol. The molecule has 3 rings (SSSR count). The lowest BCUT2D eigenvalue weighted by Crippen LogP contribution is -2.12. The molecule has 2 aromatic heterocycles. The Balaban J connectivity index is 1.84. The molecule has 0 saturated carbocycles. The zero-order chi connectivity index (χ0) is 15.5. The molecule has 1 aromatic carbocycles. The van der Waals surface area contributed by atoms with E-state index in [9.17, 15) is 9.18 Å². The van der Waals surface area contributed by atoms with Crippen molar-refractivity contribution in [3.05, 3.63) is 72.3 Å². The van der Waals surface area contributed by atoms with Crippen molar-refractivity contribution in [2.45, 2.75) is 6.92 Å².